The number of aromatic nitrogens is 1. The van der Waals surface area contributed by atoms with Crippen LogP contribution in [0.4, 0.5) is 20.9 Å². The fraction of sp³-hybridized carbons (Fsp3) is 0.238. The molecule has 0 unspecified atom stereocenters. The number of thiazole rings is 1. The molecule has 1 atom stereocenters. The average molecular weight is 459 g/mol. The summed E-state index contributed by atoms with van der Waals surface area (Å²) in [7, 11) is -3.74. The van der Waals surface area contributed by atoms with Gasteiger partial charge in [0.05, 0.1) is 4.90 Å². The lowest BCUT2D eigenvalue weighted by Gasteiger charge is -2.26. The molecule has 3 heterocycles. The number of nitrogens with one attached hydrogen (secondary N) is 1. The van der Waals surface area contributed by atoms with E-state index in [2.05, 4.69) is 9.71 Å². The summed E-state index contributed by atoms with van der Waals surface area (Å²) in [5.41, 5.74) is 2.49. The van der Waals surface area contributed by atoms with Crippen LogP contribution in [-0.2, 0) is 21.2 Å². The van der Waals surface area contributed by atoms with Gasteiger partial charge in [-0.2, -0.15) is 0 Å². The second-order valence-electron chi connectivity index (χ2n) is 7.45. The zero-order valence-electron chi connectivity index (χ0n) is 16.4. The Bertz CT molecular complexity index is 1230. The minimum atomic E-state index is -3.74. The van der Waals surface area contributed by atoms with Crippen molar-refractivity contribution in [1.82, 2.24) is 4.98 Å². The fourth-order valence-electron chi connectivity index (χ4n) is 4.18. The first-order chi connectivity index (χ1) is 14.9. The lowest BCUT2D eigenvalue weighted by atomic mass is 10.1. The topological polar surface area (TPSA) is 82.6 Å². The number of fused-ring (bicyclic) bond motifs is 1. The van der Waals surface area contributed by atoms with Crippen molar-refractivity contribution in [3.63, 3.8) is 0 Å². The number of anilines is 3. The average Bonchev–Trinajstić information content (AvgIpc) is 3.48. The molecule has 0 aliphatic carbocycles. The molecule has 0 spiro atoms. The molecule has 3 aromatic rings. The highest BCUT2D eigenvalue weighted by molar-refractivity contribution is 7.93. The number of halogens is 1. The van der Waals surface area contributed by atoms with Gasteiger partial charge in [0.25, 0.3) is 10.0 Å². The van der Waals surface area contributed by atoms with Gasteiger partial charge in [-0.25, -0.2) is 17.8 Å². The predicted molar refractivity (Wildman–Crippen MR) is 118 cm³/mol. The third-order valence-electron chi connectivity index (χ3n) is 5.64. The lowest BCUT2D eigenvalue weighted by molar-refractivity contribution is -0.118. The van der Waals surface area contributed by atoms with Crippen molar-refractivity contribution in [2.24, 2.45) is 0 Å². The number of hydrogen-bond acceptors (Lipinski definition) is 6. The Morgan fingerprint density at radius 1 is 1.13 bits per heavy atom. The monoisotopic (exact) mass is 458 g/mol. The molecular weight excluding hydrogens is 439 g/mol. The molecule has 2 aliphatic heterocycles. The van der Waals surface area contributed by atoms with Crippen LogP contribution in [0.25, 0.3) is 0 Å². The standard InChI is InChI=1S/C21H19FN4O3S2/c22-15-1-6-18-14(13-15)7-10-26(18)19-8-11-25(20(19)27)16-2-4-17(5-3-16)31(28,29)24-21-23-9-12-30-21/h1-6,9,12-13,19H,7-8,10-11H2,(H,23,24)/t19-/m0/s1. The number of sulfonamides is 1. The van der Waals surface area contributed by atoms with Crippen LogP contribution in [0.5, 0.6) is 0 Å². The number of nitrogens with zero attached hydrogens (tertiary/aromatic N) is 3. The first-order valence-corrected chi connectivity index (χ1v) is 12.2. The minimum absolute atomic E-state index is 0.0336. The van der Waals surface area contributed by atoms with E-state index < -0.39 is 10.0 Å². The molecule has 2 aromatic carbocycles. The van der Waals surface area contributed by atoms with Crippen LogP contribution < -0.4 is 14.5 Å². The highest BCUT2D eigenvalue weighted by Gasteiger charge is 2.39. The summed E-state index contributed by atoms with van der Waals surface area (Å²) in [5, 5.41) is 1.98. The molecule has 0 radical (unpaired) electrons. The minimum Gasteiger partial charge on any atom is -0.359 e. The smallest absolute Gasteiger partial charge is 0.263 e. The highest BCUT2D eigenvalue weighted by atomic mass is 32.2. The lowest BCUT2D eigenvalue weighted by Crippen LogP contribution is -2.41. The Labute approximate surface area is 183 Å². The predicted octanol–water partition coefficient (Wildman–Crippen LogP) is 3.25. The van der Waals surface area contributed by atoms with Gasteiger partial charge in [-0.3, -0.25) is 9.52 Å². The van der Waals surface area contributed by atoms with Crippen LogP contribution in [0, 0.1) is 5.82 Å². The molecule has 1 N–H and O–H groups in total. The number of amides is 1. The van der Waals surface area contributed by atoms with Crippen molar-refractivity contribution in [3.05, 3.63) is 65.4 Å². The molecule has 0 saturated carbocycles. The number of carbonyl (C=O) groups excluding carboxylic acids is 1. The maximum Gasteiger partial charge on any atom is 0.263 e. The Morgan fingerprint density at radius 3 is 2.68 bits per heavy atom. The molecule has 1 saturated heterocycles. The molecule has 1 aromatic heterocycles. The molecule has 7 nitrogen and oxygen atoms in total. The Kier molecular flexibility index (Phi) is 4.90. The highest BCUT2D eigenvalue weighted by Crippen LogP contribution is 2.34. The summed E-state index contributed by atoms with van der Waals surface area (Å²) >= 11 is 1.20. The van der Waals surface area contributed by atoms with Crippen LogP contribution in [0.1, 0.15) is 12.0 Å². The molecular formula is C21H19FN4O3S2. The van der Waals surface area contributed by atoms with Crippen LogP contribution in [-0.4, -0.2) is 38.4 Å². The van der Waals surface area contributed by atoms with E-state index in [0.29, 0.717) is 30.3 Å². The van der Waals surface area contributed by atoms with Gasteiger partial charge in [0.15, 0.2) is 5.13 Å². The third kappa shape index (κ3) is 3.66. The number of rotatable bonds is 5. The Morgan fingerprint density at radius 2 is 1.94 bits per heavy atom. The quantitative estimate of drug-likeness (QED) is 0.635. The summed E-state index contributed by atoms with van der Waals surface area (Å²) < 4.78 is 40.9. The molecule has 0 bridgehead atoms. The summed E-state index contributed by atoms with van der Waals surface area (Å²) in [6, 6.07) is 10.6. The van der Waals surface area contributed by atoms with Crippen molar-refractivity contribution >= 4 is 43.8 Å². The summed E-state index contributed by atoms with van der Waals surface area (Å²) in [4.78, 5) is 20.9. The fourth-order valence-corrected chi connectivity index (χ4v) is 5.97. The van der Waals surface area contributed by atoms with Crippen molar-refractivity contribution in [3.8, 4) is 0 Å². The zero-order valence-corrected chi connectivity index (χ0v) is 18.0. The molecule has 5 rings (SSSR count). The van der Waals surface area contributed by atoms with Gasteiger partial charge in [0.1, 0.15) is 11.9 Å². The van der Waals surface area contributed by atoms with Gasteiger partial charge < -0.3 is 9.80 Å². The van der Waals surface area contributed by atoms with E-state index in [1.807, 2.05) is 4.90 Å². The van der Waals surface area contributed by atoms with Gasteiger partial charge in [0.2, 0.25) is 5.91 Å². The first-order valence-electron chi connectivity index (χ1n) is 9.81. The molecule has 2 aliphatic rings. The van der Waals surface area contributed by atoms with E-state index in [4.69, 9.17) is 0 Å². The van der Waals surface area contributed by atoms with Gasteiger partial charge in [-0.05, 0) is 60.9 Å². The summed E-state index contributed by atoms with van der Waals surface area (Å²) in [6.07, 6.45) is 2.90. The summed E-state index contributed by atoms with van der Waals surface area (Å²) in [6.45, 7) is 1.22. The largest absolute Gasteiger partial charge is 0.359 e. The maximum absolute atomic E-state index is 13.5. The van der Waals surface area contributed by atoms with Crippen molar-refractivity contribution in [2.45, 2.75) is 23.8 Å². The number of hydrogen-bond donors (Lipinski definition) is 1. The Balaban J connectivity index is 1.32. The van der Waals surface area contributed by atoms with E-state index >= 15 is 0 Å². The number of carbonyl (C=O) groups is 1. The number of benzene rings is 2. The van der Waals surface area contributed by atoms with Gasteiger partial charge >= 0.3 is 0 Å². The van der Waals surface area contributed by atoms with Crippen molar-refractivity contribution < 1.29 is 17.6 Å². The zero-order chi connectivity index (χ0) is 21.6. The maximum atomic E-state index is 13.5. The van der Waals surface area contributed by atoms with Crippen molar-refractivity contribution in [2.75, 3.05) is 27.6 Å². The normalized spacial score (nSPS) is 18.5. The second-order valence-corrected chi connectivity index (χ2v) is 10.0. The van der Waals surface area contributed by atoms with Crippen LogP contribution in [0.2, 0.25) is 0 Å². The SMILES string of the molecule is O=C1[C@@H](N2CCc3cc(F)ccc32)CCN1c1ccc(S(=O)(=O)Nc2nccs2)cc1. The molecule has 1 amide bonds. The van der Waals surface area contributed by atoms with Crippen molar-refractivity contribution in [1.29, 1.82) is 0 Å². The van der Waals surface area contributed by atoms with E-state index in [-0.39, 0.29) is 22.7 Å². The summed E-state index contributed by atoms with van der Waals surface area (Å²) in [5.74, 6) is -0.298. The van der Waals surface area contributed by atoms with Crippen LogP contribution >= 0.6 is 11.3 Å². The van der Waals surface area contributed by atoms with Gasteiger partial charge in [0, 0.05) is 36.0 Å². The van der Waals surface area contributed by atoms with E-state index in [1.165, 1.54) is 41.8 Å². The Hall–Kier alpha value is -2.98. The molecule has 10 heteroatoms. The van der Waals surface area contributed by atoms with Crippen LogP contribution in [0.15, 0.2) is 58.9 Å². The third-order valence-corrected chi connectivity index (χ3v) is 7.81. The van der Waals surface area contributed by atoms with E-state index in [9.17, 15) is 17.6 Å². The first kappa shape index (κ1) is 20.0. The van der Waals surface area contributed by atoms with E-state index in [1.54, 1.807) is 28.5 Å². The molecule has 1 fully saturated rings. The van der Waals surface area contributed by atoms with Gasteiger partial charge in [-0.15, -0.1) is 11.3 Å². The molecule has 31 heavy (non-hydrogen) atoms. The van der Waals surface area contributed by atoms with E-state index in [0.717, 1.165) is 17.7 Å². The second kappa shape index (κ2) is 7.61. The molecule has 160 valence electrons. The van der Waals surface area contributed by atoms with Crippen LogP contribution in [0.3, 0.4) is 0 Å². The van der Waals surface area contributed by atoms with Gasteiger partial charge in [-0.1, -0.05) is 0 Å².